The number of rotatable bonds is 5. The molecule has 172 valence electrons. The molecule has 0 aromatic heterocycles. The van der Waals surface area contributed by atoms with Crippen molar-refractivity contribution in [2.45, 2.75) is 13.0 Å². The Morgan fingerprint density at radius 2 is 1.62 bits per heavy atom. The molecule has 1 N–H and O–H groups in total. The van der Waals surface area contributed by atoms with Crippen molar-refractivity contribution in [2.75, 3.05) is 11.5 Å². The Kier molecular flexibility index (Phi) is 6.47. The quantitative estimate of drug-likeness (QED) is 0.233. The van der Waals surface area contributed by atoms with E-state index in [2.05, 4.69) is 0 Å². The van der Waals surface area contributed by atoms with Crippen molar-refractivity contribution in [3.05, 3.63) is 106 Å². The van der Waals surface area contributed by atoms with Gasteiger partial charge in [0.15, 0.2) is 0 Å². The number of anilines is 1. The molecule has 1 saturated heterocycles. The van der Waals surface area contributed by atoms with Crippen LogP contribution in [0.5, 0.6) is 0 Å². The molecule has 1 aliphatic rings. The predicted molar refractivity (Wildman–Crippen MR) is 125 cm³/mol. The van der Waals surface area contributed by atoms with Crippen molar-refractivity contribution < 1.29 is 28.6 Å². The molecule has 1 unspecified atom stereocenters. The number of aliphatic hydroxyl groups is 1. The van der Waals surface area contributed by atoms with Crippen LogP contribution in [-0.2, 0) is 14.3 Å². The Morgan fingerprint density at radius 3 is 2.24 bits per heavy atom. The molecule has 3 aromatic carbocycles. The highest BCUT2D eigenvalue weighted by Crippen LogP contribution is 2.43. The number of esters is 1. The van der Waals surface area contributed by atoms with Crippen LogP contribution in [0.2, 0.25) is 5.02 Å². The molecule has 1 atom stereocenters. The Morgan fingerprint density at radius 1 is 1.00 bits per heavy atom. The van der Waals surface area contributed by atoms with Crippen molar-refractivity contribution in [1.82, 2.24) is 0 Å². The van der Waals surface area contributed by atoms with Gasteiger partial charge in [0.1, 0.15) is 11.6 Å². The summed E-state index contributed by atoms with van der Waals surface area (Å²) in [5.41, 5.74) is 0.532. The Bertz CT molecular complexity index is 1300. The summed E-state index contributed by atoms with van der Waals surface area (Å²) in [6.07, 6.45) is 0. The molecule has 4 rings (SSSR count). The number of ketones is 1. The van der Waals surface area contributed by atoms with E-state index in [4.69, 9.17) is 16.3 Å². The molecule has 0 spiro atoms. The largest absolute Gasteiger partial charge is 0.507 e. The number of amides is 1. The second kappa shape index (κ2) is 9.49. The molecule has 8 heteroatoms. The highest BCUT2D eigenvalue weighted by atomic mass is 35.5. The second-order valence-electron chi connectivity index (χ2n) is 7.46. The molecular weight excluding hydrogens is 461 g/mol. The van der Waals surface area contributed by atoms with Gasteiger partial charge in [-0.25, -0.2) is 9.18 Å². The van der Waals surface area contributed by atoms with Crippen LogP contribution >= 0.6 is 11.6 Å². The molecule has 1 aliphatic heterocycles. The van der Waals surface area contributed by atoms with Gasteiger partial charge in [-0.3, -0.25) is 14.5 Å². The summed E-state index contributed by atoms with van der Waals surface area (Å²) in [6, 6.07) is 16.4. The third-order valence-electron chi connectivity index (χ3n) is 5.42. The highest BCUT2D eigenvalue weighted by Gasteiger charge is 2.47. The fraction of sp³-hybridized carbons (Fsp3) is 0.115. The zero-order valence-electron chi connectivity index (χ0n) is 18.0. The van der Waals surface area contributed by atoms with Crippen LogP contribution in [0.3, 0.4) is 0 Å². The van der Waals surface area contributed by atoms with Crippen LogP contribution in [0, 0.1) is 5.82 Å². The first kappa shape index (κ1) is 23.2. The van der Waals surface area contributed by atoms with Gasteiger partial charge in [-0.2, -0.15) is 0 Å². The van der Waals surface area contributed by atoms with E-state index in [9.17, 15) is 23.9 Å². The van der Waals surface area contributed by atoms with Gasteiger partial charge in [-0.05, 0) is 61.5 Å². The van der Waals surface area contributed by atoms with Crippen LogP contribution in [0.25, 0.3) is 5.76 Å². The first-order valence-electron chi connectivity index (χ1n) is 10.4. The highest BCUT2D eigenvalue weighted by molar-refractivity contribution is 6.51. The summed E-state index contributed by atoms with van der Waals surface area (Å²) in [5.74, 6) is -3.54. The predicted octanol–water partition coefficient (Wildman–Crippen LogP) is 5.28. The summed E-state index contributed by atoms with van der Waals surface area (Å²) in [7, 11) is 0. The van der Waals surface area contributed by atoms with Gasteiger partial charge in [0.2, 0.25) is 0 Å². The number of hydrogen-bond acceptors (Lipinski definition) is 5. The van der Waals surface area contributed by atoms with E-state index < -0.39 is 35.3 Å². The monoisotopic (exact) mass is 479 g/mol. The number of Topliss-reactive ketones (excluding diaryl/α,β-unsaturated/α-hetero) is 1. The average Bonchev–Trinajstić information content (AvgIpc) is 3.10. The van der Waals surface area contributed by atoms with Gasteiger partial charge in [0.05, 0.1) is 23.8 Å². The number of halogens is 2. The van der Waals surface area contributed by atoms with Gasteiger partial charge >= 0.3 is 5.97 Å². The van der Waals surface area contributed by atoms with E-state index in [1.807, 2.05) is 0 Å². The van der Waals surface area contributed by atoms with Crippen LogP contribution in [-0.4, -0.2) is 29.4 Å². The summed E-state index contributed by atoms with van der Waals surface area (Å²) >= 11 is 5.92. The van der Waals surface area contributed by atoms with E-state index in [1.165, 1.54) is 66.7 Å². The molecule has 6 nitrogen and oxygen atoms in total. The molecular formula is C26H19ClFNO5. The van der Waals surface area contributed by atoms with Gasteiger partial charge in [-0.15, -0.1) is 0 Å². The number of carbonyl (C=O) groups is 3. The van der Waals surface area contributed by atoms with Crippen LogP contribution < -0.4 is 4.90 Å². The van der Waals surface area contributed by atoms with Crippen molar-refractivity contribution in [1.29, 1.82) is 0 Å². The lowest BCUT2D eigenvalue weighted by Gasteiger charge is -2.26. The van der Waals surface area contributed by atoms with E-state index in [0.717, 1.165) is 4.90 Å². The molecule has 1 heterocycles. The second-order valence-corrected chi connectivity index (χ2v) is 7.90. The molecule has 0 radical (unpaired) electrons. The number of carbonyl (C=O) groups excluding carboxylic acids is 3. The minimum Gasteiger partial charge on any atom is -0.507 e. The Balaban J connectivity index is 1.88. The number of benzene rings is 3. The minimum atomic E-state index is -1.23. The van der Waals surface area contributed by atoms with Crippen molar-refractivity contribution in [2.24, 2.45) is 0 Å². The summed E-state index contributed by atoms with van der Waals surface area (Å²) < 4.78 is 19.9. The van der Waals surface area contributed by atoms with E-state index >= 15 is 0 Å². The fourth-order valence-corrected chi connectivity index (χ4v) is 3.95. The third kappa shape index (κ3) is 4.18. The van der Waals surface area contributed by atoms with Crippen LogP contribution in [0.1, 0.15) is 34.5 Å². The SMILES string of the molecule is CCOC(=O)c1ccc(N2C(=O)C(=O)/C(=C(\O)c3ccc(Cl)cc3)C2c2ccccc2F)cc1. The van der Waals surface area contributed by atoms with E-state index in [-0.39, 0.29) is 34.6 Å². The smallest absolute Gasteiger partial charge is 0.338 e. The van der Waals surface area contributed by atoms with Gasteiger partial charge in [0, 0.05) is 21.8 Å². The third-order valence-corrected chi connectivity index (χ3v) is 5.67. The molecule has 34 heavy (non-hydrogen) atoms. The molecule has 0 bridgehead atoms. The van der Waals surface area contributed by atoms with Gasteiger partial charge < -0.3 is 9.84 Å². The van der Waals surface area contributed by atoms with Gasteiger partial charge in [-0.1, -0.05) is 29.8 Å². The summed E-state index contributed by atoms with van der Waals surface area (Å²) in [5, 5.41) is 11.4. The van der Waals surface area contributed by atoms with Crippen LogP contribution in [0.4, 0.5) is 10.1 Å². The first-order valence-corrected chi connectivity index (χ1v) is 10.8. The lowest BCUT2D eigenvalue weighted by atomic mass is 9.94. The summed E-state index contributed by atoms with van der Waals surface area (Å²) in [4.78, 5) is 39.3. The molecule has 1 fully saturated rings. The molecule has 3 aromatic rings. The molecule has 0 aliphatic carbocycles. The first-order chi connectivity index (χ1) is 16.3. The summed E-state index contributed by atoms with van der Waals surface area (Å²) in [6.45, 7) is 1.88. The number of hydrogen-bond donors (Lipinski definition) is 1. The fourth-order valence-electron chi connectivity index (χ4n) is 3.83. The van der Waals surface area contributed by atoms with Crippen LogP contribution in [0.15, 0.2) is 78.4 Å². The zero-order chi connectivity index (χ0) is 24.4. The van der Waals surface area contributed by atoms with Gasteiger partial charge in [0.25, 0.3) is 11.7 Å². The normalized spacial score (nSPS) is 17.1. The maximum atomic E-state index is 14.9. The molecule has 0 saturated carbocycles. The zero-order valence-corrected chi connectivity index (χ0v) is 18.8. The van der Waals surface area contributed by atoms with Crippen molar-refractivity contribution in [3.63, 3.8) is 0 Å². The maximum absolute atomic E-state index is 14.9. The number of aliphatic hydroxyl groups excluding tert-OH is 1. The van der Waals surface area contributed by atoms with Crippen molar-refractivity contribution in [3.8, 4) is 0 Å². The Labute approximate surface area is 199 Å². The maximum Gasteiger partial charge on any atom is 0.338 e. The topological polar surface area (TPSA) is 83.9 Å². The lowest BCUT2D eigenvalue weighted by molar-refractivity contribution is -0.132. The van der Waals surface area contributed by atoms with E-state index in [0.29, 0.717) is 5.02 Å². The average molecular weight is 480 g/mol. The Hall–Kier alpha value is -3.97. The lowest BCUT2D eigenvalue weighted by Crippen LogP contribution is -2.29. The van der Waals surface area contributed by atoms with E-state index in [1.54, 1.807) is 13.0 Å². The van der Waals surface area contributed by atoms with Crippen molar-refractivity contribution >= 4 is 40.7 Å². The number of nitrogens with zero attached hydrogens (tertiary/aromatic N) is 1. The minimum absolute atomic E-state index is 0.0340. The standard InChI is InChI=1S/C26H19ClFNO5/c1-2-34-26(33)16-9-13-18(14-10-16)29-22(19-5-3-4-6-20(19)28)21(24(31)25(29)32)23(30)15-7-11-17(27)12-8-15/h3-14,22,30H,2H2,1H3/b23-21-. The number of ether oxygens (including phenoxy) is 1. The molecule has 1 amide bonds.